The predicted octanol–water partition coefficient (Wildman–Crippen LogP) is 3.09. The van der Waals surface area contributed by atoms with Crippen LogP contribution in [-0.2, 0) is 9.84 Å². The number of hydrogen-bond acceptors (Lipinski definition) is 7. The van der Waals surface area contributed by atoms with Crippen LogP contribution in [0.1, 0.15) is 0 Å². The fourth-order valence-electron chi connectivity index (χ4n) is 2.81. The summed E-state index contributed by atoms with van der Waals surface area (Å²) in [5.74, 6) is 1.48. The van der Waals surface area contributed by atoms with Crippen LogP contribution in [0.3, 0.4) is 0 Å². The van der Waals surface area contributed by atoms with E-state index in [4.69, 9.17) is 4.74 Å². The Morgan fingerprint density at radius 1 is 1.24 bits per heavy atom. The number of sulfone groups is 1. The van der Waals surface area contributed by atoms with Gasteiger partial charge in [-0.1, -0.05) is 12.1 Å². The maximum atomic E-state index is 11.6. The van der Waals surface area contributed by atoms with Gasteiger partial charge < -0.3 is 10.1 Å². The molecule has 0 fully saturated rings. The van der Waals surface area contributed by atoms with Gasteiger partial charge >= 0.3 is 0 Å². The van der Waals surface area contributed by atoms with Gasteiger partial charge in [0, 0.05) is 16.4 Å². The molecule has 1 unspecified atom stereocenters. The van der Waals surface area contributed by atoms with E-state index in [0.717, 1.165) is 27.1 Å². The van der Waals surface area contributed by atoms with Crippen molar-refractivity contribution in [3.63, 3.8) is 0 Å². The summed E-state index contributed by atoms with van der Waals surface area (Å²) in [5.41, 5.74) is 2.04. The van der Waals surface area contributed by atoms with Gasteiger partial charge in [0.15, 0.2) is 9.84 Å². The first-order chi connectivity index (χ1) is 12.1. The molecule has 1 aliphatic rings. The first kappa shape index (κ1) is 16.0. The summed E-state index contributed by atoms with van der Waals surface area (Å²) in [6.45, 7) is 0. The van der Waals surface area contributed by atoms with Crippen molar-refractivity contribution in [1.29, 1.82) is 0 Å². The lowest BCUT2D eigenvalue weighted by molar-refractivity contribution is 0.415. The molecule has 25 heavy (non-hydrogen) atoms. The smallest absolute Gasteiger partial charge is 0.173 e. The number of ether oxygens (including phenoxy) is 1. The van der Waals surface area contributed by atoms with Gasteiger partial charge in [-0.2, -0.15) is 0 Å². The fraction of sp³-hybridized carbons (Fsp3) is 0.176. The second-order valence-corrected chi connectivity index (χ2v) is 8.48. The molecule has 6 nitrogen and oxygen atoms in total. The summed E-state index contributed by atoms with van der Waals surface area (Å²) in [6.07, 6.45) is 3.15. The zero-order valence-corrected chi connectivity index (χ0v) is 15.0. The molecular weight excluding hydrogens is 358 g/mol. The van der Waals surface area contributed by atoms with Crippen LogP contribution in [0.5, 0.6) is 5.75 Å². The number of rotatable bonds is 4. The number of benzene rings is 1. The van der Waals surface area contributed by atoms with Crippen molar-refractivity contribution in [2.24, 2.45) is 0 Å². The minimum atomic E-state index is -3.12. The Bertz CT molecular complexity index is 1060. The van der Waals surface area contributed by atoms with Crippen LogP contribution in [0.2, 0.25) is 0 Å². The molecule has 3 aromatic rings. The van der Waals surface area contributed by atoms with E-state index in [1.165, 1.54) is 23.1 Å². The highest BCUT2D eigenvalue weighted by molar-refractivity contribution is 7.94. The Hall–Kier alpha value is -2.45. The maximum absolute atomic E-state index is 11.6. The van der Waals surface area contributed by atoms with E-state index >= 15 is 0 Å². The molecule has 0 bridgehead atoms. The quantitative estimate of drug-likeness (QED) is 0.757. The van der Waals surface area contributed by atoms with E-state index in [9.17, 15) is 8.42 Å². The van der Waals surface area contributed by atoms with Crippen LogP contribution < -0.4 is 10.1 Å². The van der Waals surface area contributed by atoms with Gasteiger partial charge in [0.1, 0.15) is 22.7 Å². The van der Waals surface area contributed by atoms with Crippen molar-refractivity contribution < 1.29 is 13.2 Å². The summed E-state index contributed by atoms with van der Waals surface area (Å²) >= 11 is 1.53. The molecule has 0 radical (unpaired) electrons. The molecule has 2 aromatic heterocycles. The normalized spacial score (nSPS) is 18.5. The molecule has 3 heterocycles. The third-order valence-electron chi connectivity index (χ3n) is 4.02. The molecule has 1 atom stereocenters. The number of anilines is 1. The zero-order chi connectivity index (χ0) is 17.4. The Kier molecular flexibility index (Phi) is 3.93. The van der Waals surface area contributed by atoms with Crippen LogP contribution in [0.25, 0.3) is 21.3 Å². The molecule has 8 heteroatoms. The first-order valence-corrected chi connectivity index (χ1v) is 10.2. The van der Waals surface area contributed by atoms with Gasteiger partial charge in [-0.3, -0.25) is 0 Å². The van der Waals surface area contributed by atoms with Gasteiger partial charge in [0.25, 0.3) is 0 Å². The largest absolute Gasteiger partial charge is 0.497 e. The zero-order valence-electron chi connectivity index (χ0n) is 13.3. The van der Waals surface area contributed by atoms with E-state index in [1.807, 2.05) is 29.6 Å². The van der Waals surface area contributed by atoms with Crippen LogP contribution in [0.15, 0.2) is 47.5 Å². The lowest BCUT2D eigenvalue weighted by Crippen LogP contribution is -2.21. The van der Waals surface area contributed by atoms with Gasteiger partial charge in [-0.05, 0) is 23.8 Å². The average molecular weight is 373 g/mol. The van der Waals surface area contributed by atoms with E-state index in [2.05, 4.69) is 15.3 Å². The van der Waals surface area contributed by atoms with Crippen LogP contribution in [-0.4, -0.2) is 37.3 Å². The Morgan fingerprint density at radius 3 is 2.72 bits per heavy atom. The molecule has 0 aliphatic carbocycles. The van der Waals surface area contributed by atoms with Crippen LogP contribution >= 0.6 is 11.3 Å². The monoisotopic (exact) mass is 373 g/mol. The average Bonchev–Trinajstić information content (AvgIpc) is 3.19. The molecule has 128 valence electrons. The van der Waals surface area contributed by atoms with Crippen molar-refractivity contribution in [3.8, 4) is 16.9 Å². The van der Waals surface area contributed by atoms with E-state index in [-0.39, 0.29) is 11.8 Å². The molecule has 0 spiro atoms. The fourth-order valence-corrected chi connectivity index (χ4v) is 4.96. The number of hydrogen-bond donors (Lipinski definition) is 1. The summed E-state index contributed by atoms with van der Waals surface area (Å²) in [4.78, 5) is 9.53. The highest BCUT2D eigenvalue weighted by Gasteiger charge is 2.23. The lowest BCUT2D eigenvalue weighted by Gasteiger charge is -2.12. The van der Waals surface area contributed by atoms with Gasteiger partial charge in [0.05, 0.1) is 24.3 Å². The number of fused-ring (bicyclic) bond motifs is 1. The summed E-state index contributed by atoms with van der Waals surface area (Å²) in [5, 5.41) is 7.41. The minimum absolute atomic E-state index is 0.0422. The molecule has 4 rings (SSSR count). The van der Waals surface area contributed by atoms with Crippen molar-refractivity contribution in [2.45, 2.75) is 6.04 Å². The Morgan fingerprint density at radius 2 is 2.04 bits per heavy atom. The molecule has 0 saturated heterocycles. The van der Waals surface area contributed by atoms with E-state index in [1.54, 1.807) is 13.2 Å². The number of nitrogens with zero attached hydrogens (tertiary/aromatic N) is 2. The molecule has 0 saturated carbocycles. The standard InChI is InChI=1S/C17H15N3O3S2/c1-23-13-4-2-11(3-5-13)14-8-24-17-15(14)16(18-10-19-17)20-12-6-7-25(21,22)9-12/h2-8,10,12H,9H2,1H3,(H,18,19,20). The van der Waals surface area contributed by atoms with E-state index < -0.39 is 9.84 Å². The van der Waals surface area contributed by atoms with Crippen molar-refractivity contribution in [1.82, 2.24) is 9.97 Å². The van der Waals surface area contributed by atoms with Crippen molar-refractivity contribution >= 4 is 37.2 Å². The highest BCUT2D eigenvalue weighted by Crippen LogP contribution is 2.37. The van der Waals surface area contributed by atoms with Crippen LogP contribution in [0.4, 0.5) is 5.82 Å². The molecule has 1 aliphatic heterocycles. The predicted molar refractivity (Wildman–Crippen MR) is 99.7 cm³/mol. The number of nitrogens with one attached hydrogen (secondary N) is 1. The minimum Gasteiger partial charge on any atom is -0.497 e. The van der Waals surface area contributed by atoms with Crippen molar-refractivity contribution in [3.05, 3.63) is 47.5 Å². The van der Waals surface area contributed by atoms with Gasteiger partial charge in [0.2, 0.25) is 0 Å². The number of thiophene rings is 1. The molecular formula is C17H15N3O3S2. The molecule has 1 aromatic carbocycles. The third kappa shape index (κ3) is 3.10. The van der Waals surface area contributed by atoms with E-state index in [0.29, 0.717) is 5.82 Å². The van der Waals surface area contributed by atoms with Crippen molar-refractivity contribution in [2.75, 3.05) is 18.2 Å². The number of aromatic nitrogens is 2. The first-order valence-electron chi connectivity index (χ1n) is 7.60. The van der Waals surface area contributed by atoms with Crippen LogP contribution in [0, 0.1) is 0 Å². The highest BCUT2D eigenvalue weighted by atomic mass is 32.2. The summed E-state index contributed by atoms with van der Waals surface area (Å²) < 4.78 is 28.5. The molecule has 1 N–H and O–H groups in total. The summed E-state index contributed by atoms with van der Waals surface area (Å²) in [6, 6.07) is 7.49. The lowest BCUT2D eigenvalue weighted by atomic mass is 10.1. The molecule has 0 amide bonds. The second-order valence-electron chi connectivity index (χ2n) is 5.69. The second kappa shape index (κ2) is 6.12. The number of methoxy groups -OCH3 is 1. The van der Waals surface area contributed by atoms with Gasteiger partial charge in [-0.15, -0.1) is 11.3 Å². The third-order valence-corrected chi connectivity index (χ3v) is 6.31. The topological polar surface area (TPSA) is 81.2 Å². The maximum Gasteiger partial charge on any atom is 0.173 e. The van der Waals surface area contributed by atoms with Gasteiger partial charge in [-0.25, -0.2) is 18.4 Å². The Labute approximate surface area is 149 Å². The summed E-state index contributed by atoms with van der Waals surface area (Å²) in [7, 11) is -1.49. The Balaban J connectivity index is 1.75. The SMILES string of the molecule is COc1ccc(-c2csc3ncnc(NC4C=CS(=O)(=O)C4)c23)cc1.